The second kappa shape index (κ2) is 4.29. The van der Waals surface area contributed by atoms with Gasteiger partial charge in [-0.25, -0.2) is 9.37 Å². The molecule has 0 aliphatic carbocycles. The van der Waals surface area contributed by atoms with Gasteiger partial charge in [-0.2, -0.15) is 5.26 Å². The summed E-state index contributed by atoms with van der Waals surface area (Å²) in [6.45, 7) is 1.94. The lowest BCUT2D eigenvalue weighted by Gasteiger charge is -2.04. The van der Waals surface area contributed by atoms with Gasteiger partial charge in [0.05, 0.1) is 11.3 Å². The van der Waals surface area contributed by atoms with E-state index >= 15 is 0 Å². The van der Waals surface area contributed by atoms with Gasteiger partial charge < -0.3 is 5.32 Å². The van der Waals surface area contributed by atoms with E-state index in [9.17, 15) is 4.39 Å². The molecule has 5 heteroatoms. The summed E-state index contributed by atoms with van der Waals surface area (Å²) in [7, 11) is 0. The highest BCUT2D eigenvalue weighted by molar-refractivity contribution is 7.15. The third-order valence-corrected chi connectivity index (χ3v) is 2.79. The fourth-order valence-corrected chi connectivity index (χ4v) is 1.92. The van der Waals surface area contributed by atoms with E-state index in [2.05, 4.69) is 10.3 Å². The predicted octanol–water partition coefficient (Wildman–Crippen LogP) is 3.21. The normalized spacial score (nSPS) is 9.81. The van der Waals surface area contributed by atoms with E-state index in [0.29, 0.717) is 10.8 Å². The average molecular weight is 233 g/mol. The minimum atomic E-state index is -0.419. The van der Waals surface area contributed by atoms with Gasteiger partial charge in [0, 0.05) is 11.1 Å². The van der Waals surface area contributed by atoms with Crippen molar-refractivity contribution in [1.82, 2.24) is 4.98 Å². The van der Waals surface area contributed by atoms with Crippen LogP contribution in [0.4, 0.5) is 15.2 Å². The van der Waals surface area contributed by atoms with E-state index in [1.165, 1.54) is 29.5 Å². The van der Waals surface area contributed by atoms with Crippen LogP contribution in [0.2, 0.25) is 0 Å². The van der Waals surface area contributed by atoms with Crippen LogP contribution in [0.5, 0.6) is 0 Å². The molecule has 1 heterocycles. The maximum atomic E-state index is 12.9. The summed E-state index contributed by atoms with van der Waals surface area (Å²) in [4.78, 5) is 5.19. The highest BCUT2D eigenvalue weighted by atomic mass is 32.1. The van der Waals surface area contributed by atoms with Gasteiger partial charge in [0.15, 0.2) is 5.13 Å². The number of hydrogen-bond acceptors (Lipinski definition) is 4. The number of nitriles is 1. The van der Waals surface area contributed by atoms with Gasteiger partial charge in [0.2, 0.25) is 0 Å². The number of hydrogen-bond donors (Lipinski definition) is 1. The maximum Gasteiger partial charge on any atom is 0.187 e. The van der Waals surface area contributed by atoms with E-state index in [4.69, 9.17) is 5.26 Å². The van der Waals surface area contributed by atoms with Crippen LogP contribution in [0.15, 0.2) is 24.4 Å². The van der Waals surface area contributed by atoms with Crippen LogP contribution in [-0.2, 0) is 0 Å². The minimum absolute atomic E-state index is 0.271. The fourth-order valence-electron chi connectivity index (χ4n) is 1.25. The van der Waals surface area contributed by atoms with Gasteiger partial charge in [-0.05, 0) is 25.1 Å². The average Bonchev–Trinajstić information content (AvgIpc) is 2.67. The largest absolute Gasteiger partial charge is 0.330 e. The zero-order valence-corrected chi connectivity index (χ0v) is 9.31. The molecule has 0 atom stereocenters. The Hall–Kier alpha value is -1.93. The quantitative estimate of drug-likeness (QED) is 0.866. The molecule has 0 spiro atoms. The van der Waals surface area contributed by atoms with Crippen molar-refractivity contribution in [3.05, 3.63) is 40.7 Å². The molecular formula is C11H8FN3S. The molecule has 0 unspecified atom stereocenters. The van der Waals surface area contributed by atoms with Crippen LogP contribution in [0.25, 0.3) is 0 Å². The van der Waals surface area contributed by atoms with Gasteiger partial charge in [-0.15, -0.1) is 11.3 Å². The number of anilines is 2. The Balaban J connectivity index is 2.31. The molecule has 80 valence electrons. The minimum Gasteiger partial charge on any atom is -0.330 e. The molecule has 0 aliphatic heterocycles. The van der Waals surface area contributed by atoms with Gasteiger partial charge in [-0.1, -0.05) is 0 Å². The van der Waals surface area contributed by atoms with Crippen LogP contribution in [0, 0.1) is 24.1 Å². The zero-order chi connectivity index (χ0) is 11.5. The van der Waals surface area contributed by atoms with Crippen molar-refractivity contribution in [3.63, 3.8) is 0 Å². The van der Waals surface area contributed by atoms with Crippen LogP contribution >= 0.6 is 11.3 Å². The predicted molar refractivity (Wildman–Crippen MR) is 61.2 cm³/mol. The molecule has 1 N–H and O–H groups in total. The van der Waals surface area contributed by atoms with Crippen molar-refractivity contribution in [3.8, 4) is 6.07 Å². The molecule has 0 saturated heterocycles. The first-order chi connectivity index (χ1) is 7.69. The van der Waals surface area contributed by atoms with E-state index < -0.39 is 5.82 Å². The van der Waals surface area contributed by atoms with Gasteiger partial charge in [0.25, 0.3) is 0 Å². The van der Waals surface area contributed by atoms with Gasteiger partial charge in [-0.3, -0.25) is 0 Å². The van der Waals surface area contributed by atoms with Crippen molar-refractivity contribution < 1.29 is 4.39 Å². The van der Waals surface area contributed by atoms with Crippen LogP contribution in [0.3, 0.4) is 0 Å². The number of nitrogens with zero attached hydrogens (tertiary/aromatic N) is 2. The molecule has 0 fully saturated rings. The first-order valence-electron chi connectivity index (χ1n) is 4.58. The van der Waals surface area contributed by atoms with E-state index in [0.717, 1.165) is 4.88 Å². The first kappa shape index (κ1) is 10.6. The van der Waals surface area contributed by atoms with Gasteiger partial charge >= 0.3 is 0 Å². The number of benzene rings is 1. The molecule has 2 rings (SSSR count). The first-order valence-corrected chi connectivity index (χ1v) is 5.40. The molecule has 16 heavy (non-hydrogen) atoms. The van der Waals surface area contributed by atoms with Crippen molar-refractivity contribution >= 4 is 22.2 Å². The summed E-state index contributed by atoms with van der Waals surface area (Å²) in [6, 6.07) is 5.98. The van der Waals surface area contributed by atoms with E-state index in [-0.39, 0.29) is 5.56 Å². The summed E-state index contributed by atoms with van der Waals surface area (Å²) >= 11 is 1.48. The van der Waals surface area contributed by atoms with Crippen molar-refractivity contribution in [1.29, 1.82) is 5.26 Å². The summed E-state index contributed by atoms with van der Waals surface area (Å²) < 4.78 is 12.9. The Morgan fingerprint density at radius 3 is 2.94 bits per heavy atom. The number of thiazole rings is 1. The number of rotatable bonds is 2. The number of aromatic nitrogens is 1. The molecule has 1 aromatic heterocycles. The standard InChI is InChI=1S/C11H8FN3S/c1-7-6-14-11(16-7)15-10-3-2-9(12)4-8(10)5-13/h2-4,6H,1H3,(H,14,15). The second-order valence-electron chi connectivity index (χ2n) is 3.20. The Bertz CT molecular complexity index is 557. The summed E-state index contributed by atoms with van der Waals surface area (Å²) in [5, 5.41) is 12.5. The Morgan fingerprint density at radius 2 is 2.31 bits per heavy atom. The number of aryl methyl sites for hydroxylation is 1. The molecule has 0 radical (unpaired) electrons. The van der Waals surface area contributed by atoms with E-state index in [1.54, 1.807) is 6.20 Å². The lowest BCUT2D eigenvalue weighted by Crippen LogP contribution is -1.93. The monoisotopic (exact) mass is 233 g/mol. The fraction of sp³-hybridized carbons (Fsp3) is 0.0909. The lowest BCUT2D eigenvalue weighted by molar-refractivity contribution is 0.627. The smallest absolute Gasteiger partial charge is 0.187 e. The zero-order valence-electron chi connectivity index (χ0n) is 8.49. The van der Waals surface area contributed by atoms with Crippen LogP contribution < -0.4 is 5.32 Å². The summed E-state index contributed by atoms with van der Waals surface area (Å²) in [6.07, 6.45) is 1.74. The second-order valence-corrected chi connectivity index (χ2v) is 4.44. The van der Waals surface area contributed by atoms with Gasteiger partial charge in [0.1, 0.15) is 11.9 Å². The Labute approximate surface area is 96.2 Å². The maximum absolute atomic E-state index is 12.9. The Morgan fingerprint density at radius 1 is 1.50 bits per heavy atom. The highest BCUT2D eigenvalue weighted by Crippen LogP contribution is 2.24. The van der Waals surface area contributed by atoms with Crippen molar-refractivity contribution in [2.45, 2.75) is 6.92 Å². The SMILES string of the molecule is Cc1cnc(Nc2ccc(F)cc2C#N)s1. The number of nitrogens with one attached hydrogen (secondary N) is 1. The highest BCUT2D eigenvalue weighted by Gasteiger charge is 2.05. The Kier molecular flexibility index (Phi) is 2.84. The molecular weight excluding hydrogens is 225 g/mol. The molecule has 1 aromatic carbocycles. The lowest BCUT2D eigenvalue weighted by atomic mass is 10.2. The molecule has 0 aliphatic rings. The summed E-state index contributed by atoms with van der Waals surface area (Å²) in [5.74, 6) is -0.419. The molecule has 0 bridgehead atoms. The molecule has 3 nitrogen and oxygen atoms in total. The van der Waals surface area contributed by atoms with Crippen LogP contribution in [0.1, 0.15) is 10.4 Å². The third kappa shape index (κ3) is 2.18. The van der Waals surface area contributed by atoms with Crippen molar-refractivity contribution in [2.75, 3.05) is 5.32 Å². The van der Waals surface area contributed by atoms with Crippen LogP contribution in [-0.4, -0.2) is 4.98 Å². The topological polar surface area (TPSA) is 48.7 Å². The molecule has 2 aromatic rings. The molecule has 0 saturated carbocycles. The molecule has 0 amide bonds. The number of halogens is 1. The third-order valence-electron chi connectivity index (χ3n) is 1.96. The van der Waals surface area contributed by atoms with E-state index in [1.807, 2.05) is 13.0 Å². The summed E-state index contributed by atoms with van der Waals surface area (Å²) in [5.41, 5.74) is 0.839. The van der Waals surface area contributed by atoms with Crippen molar-refractivity contribution in [2.24, 2.45) is 0 Å².